The maximum absolute atomic E-state index is 5.98. The van der Waals surface area contributed by atoms with Gasteiger partial charge in [0.05, 0.1) is 6.61 Å². The summed E-state index contributed by atoms with van der Waals surface area (Å²) < 4.78 is 5.48. The van der Waals surface area contributed by atoms with E-state index < -0.39 is 0 Å². The summed E-state index contributed by atoms with van der Waals surface area (Å²) in [6.45, 7) is 2.62. The second kappa shape index (κ2) is 6.72. The molecule has 0 spiro atoms. The smallest absolute Gasteiger partial charge is 0.0622 e. The van der Waals surface area contributed by atoms with Crippen LogP contribution in [-0.2, 0) is 4.74 Å². The lowest BCUT2D eigenvalue weighted by Crippen LogP contribution is -2.45. The Hall–Kier alpha value is -0.120. The summed E-state index contributed by atoms with van der Waals surface area (Å²) in [7, 11) is 2.24. The molecule has 3 heteroatoms. The highest BCUT2D eigenvalue weighted by Gasteiger charge is 2.27. The van der Waals surface area contributed by atoms with Crippen LogP contribution in [0.25, 0.3) is 0 Å². The lowest BCUT2D eigenvalue weighted by atomic mass is 9.84. The Balaban J connectivity index is 1.81. The molecule has 2 unspecified atom stereocenters. The molecular formula is C14H28N2O. The van der Waals surface area contributed by atoms with Crippen molar-refractivity contribution < 1.29 is 4.74 Å². The molecule has 2 atom stereocenters. The molecule has 3 nitrogen and oxygen atoms in total. The molecule has 0 aromatic heterocycles. The van der Waals surface area contributed by atoms with Crippen LogP contribution in [-0.4, -0.2) is 43.8 Å². The van der Waals surface area contributed by atoms with Crippen LogP contribution in [0.3, 0.4) is 0 Å². The fraction of sp³-hybridized carbons (Fsp3) is 1.00. The minimum atomic E-state index is 0.560. The molecular weight excluding hydrogens is 212 g/mol. The molecule has 2 N–H and O–H groups in total. The standard InChI is InChI=1S/C14H28N2O/c1-16(13-7-8-17-11-13)14(10-15)9-12-5-3-2-4-6-12/h12-14H,2-11,15H2,1H3. The van der Waals surface area contributed by atoms with E-state index in [-0.39, 0.29) is 0 Å². The lowest BCUT2D eigenvalue weighted by Gasteiger charge is -2.35. The van der Waals surface area contributed by atoms with E-state index in [0.717, 1.165) is 25.7 Å². The minimum Gasteiger partial charge on any atom is -0.380 e. The van der Waals surface area contributed by atoms with Crippen molar-refractivity contribution in [1.29, 1.82) is 0 Å². The van der Waals surface area contributed by atoms with E-state index in [1.165, 1.54) is 44.9 Å². The molecule has 0 aromatic rings. The van der Waals surface area contributed by atoms with Crippen molar-refractivity contribution in [3.05, 3.63) is 0 Å². The molecule has 1 heterocycles. The fourth-order valence-electron chi connectivity index (χ4n) is 3.38. The van der Waals surface area contributed by atoms with E-state index >= 15 is 0 Å². The van der Waals surface area contributed by atoms with E-state index in [4.69, 9.17) is 10.5 Å². The largest absolute Gasteiger partial charge is 0.380 e. The third-order valence-electron chi connectivity index (χ3n) is 4.66. The van der Waals surface area contributed by atoms with E-state index in [1.807, 2.05) is 0 Å². The molecule has 1 saturated heterocycles. The topological polar surface area (TPSA) is 38.5 Å². The first-order valence-electron chi connectivity index (χ1n) is 7.31. The zero-order valence-corrected chi connectivity index (χ0v) is 11.2. The molecule has 1 saturated carbocycles. The molecule has 17 heavy (non-hydrogen) atoms. The van der Waals surface area contributed by atoms with Crippen LogP contribution < -0.4 is 5.73 Å². The zero-order chi connectivity index (χ0) is 12.1. The molecule has 0 bridgehead atoms. The number of nitrogens with two attached hydrogens (primary N) is 1. The lowest BCUT2D eigenvalue weighted by molar-refractivity contribution is 0.117. The van der Waals surface area contributed by atoms with Crippen LogP contribution >= 0.6 is 0 Å². The van der Waals surface area contributed by atoms with Crippen LogP contribution in [0.4, 0.5) is 0 Å². The Labute approximate surface area is 106 Å². The summed E-state index contributed by atoms with van der Waals surface area (Å²) in [5.74, 6) is 0.919. The Kier molecular flexibility index (Phi) is 5.26. The van der Waals surface area contributed by atoms with Crippen LogP contribution in [0.2, 0.25) is 0 Å². The van der Waals surface area contributed by atoms with E-state index in [1.54, 1.807) is 0 Å². The summed E-state index contributed by atoms with van der Waals surface area (Å²) in [6, 6.07) is 1.16. The Morgan fingerprint density at radius 3 is 2.59 bits per heavy atom. The van der Waals surface area contributed by atoms with Gasteiger partial charge < -0.3 is 10.5 Å². The molecule has 2 rings (SSSR count). The fourth-order valence-corrected chi connectivity index (χ4v) is 3.38. The van der Waals surface area contributed by atoms with Gasteiger partial charge in [0.2, 0.25) is 0 Å². The summed E-state index contributed by atoms with van der Waals surface area (Å²) in [5.41, 5.74) is 5.98. The second-order valence-corrected chi connectivity index (χ2v) is 5.81. The Morgan fingerprint density at radius 1 is 1.24 bits per heavy atom. The van der Waals surface area contributed by atoms with Gasteiger partial charge in [-0.15, -0.1) is 0 Å². The monoisotopic (exact) mass is 240 g/mol. The van der Waals surface area contributed by atoms with Crippen molar-refractivity contribution in [3.63, 3.8) is 0 Å². The number of rotatable bonds is 5. The van der Waals surface area contributed by atoms with Crippen molar-refractivity contribution in [3.8, 4) is 0 Å². The van der Waals surface area contributed by atoms with Crippen LogP contribution in [0, 0.1) is 5.92 Å². The molecule has 1 aliphatic carbocycles. The van der Waals surface area contributed by atoms with Crippen LogP contribution in [0.1, 0.15) is 44.9 Å². The molecule has 0 aromatic carbocycles. The van der Waals surface area contributed by atoms with Gasteiger partial charge in [-0.25, -0.2) is 0 Å². The third-order valence-corrected chi connectivity index (χ3v) is 4.66. The first-order chi connectivity index (χ1) is 8.31. The minimum absolute atomic E-state index is 0.560. The van der Waals surface area contributed by atoms with Gasteiger partial charge in [0.1, 0.15) is 0 Å². The molecule has 0 radical (unpaired) electrons. The van der Waals surface area contributed by atoms with E-state index in [9.17, 15) is 0 Å². The SMILES string of the molecule is CN(C1CCOC1)C(CN)CC1CCCCC1. The van der Waals surface area contributed by atoms with Gasteiger partial charge in [-0.2, -0.15) is 0 Å². The molecule has 2 aliphatic rings. The number of hydrogen-bond acceptors (Lipinski definition) is 3. The summed E-state index contributed by atoms with van der Waals surface area (Å²) in [5, 5.41) is 0. The van der Waals surface area contributed by atoms with Gasteiger partial charge in [0.25, 0.3) is 0 Å². The van der Waals surface area contributed by atoms with Crippen LogP contribution in [0.15, 0.2) is 0 Å². The first kappa shape index (κ1) is 13.3. The maximum atomic E-state index is 5.98. The van der Waals surface area contributed by atoms with Crippen molar-refractivity contribution in [2.45, 2.75) is 57.0 Å². The average molecular weight is 240 g/mol. The zero-order valence-electron chi connectivity index (χ0n) is 11.2. The Bertz CT molecular complexity index is 210. The predicted octanol–water partition coefficient (Wildman–Crippen LogP) is 2.00. The van der Waals surface area contributed by atoms with Crippen molar-refractivity contribution in [1.82, 2.24) is 4.90 Å². The van der Waals surface area contributed by atoms with E-state index in [0.29, 0.717) is 12.1 Å². The second-order valence-electron chi connectivity index (χ2n) is 5.81. The number of likely N-dealkylation sites (N-methyl/N-ethyl adjacent to an activating group) is 1. The number of nitrogens with zero attached hydrogens (tertiary/aromatic N) is 1. The molecule has 100 valence electrons. The van der Waals surface area contributed by atoms with E-state index in [2.05, 4.69) is 11.9 Å². The summed E-state index contributed by atoms with van der Waals surface area (Å²) in [6.07, 6.45) is 9.62. The first-order valence-corrected chi connectivity index (χ1v) is 7.31. The van der Waals surface area contributed by atoms with Crippen molar-refractivity contribution in [2.75, 3.05) is 26.8 Å². The molecule has 1 aliphatic heterocycles. The highest BCUT2D eigenvalue weighted by Crippen LogP contribution is 2.29. The number of hydrogen-bond donors (Lipinski definition) is 1. The van der Waals surface area contributed by atoms with Gasteiger partial charge >= 0.3 is 0 Å². The van der Waals surface area contributed by atoms with Gasteiger partial charge in [-0.05, 0) is 25.8 Å². The van der Waals surface area contributed by atoms with Crippen molar-refractivity contribution in [2.24, 2.45) is 11.7 Å². The predicted molar refractivity (Wildman–Crippen MR) is 71.0 cm³/mol. The highest BCUT2D eigenvalue weighted by molar-refractivity contribution is 4.82. The molecule has 0 amide bonds. The van der Waals surface area contributed by atoms with Gasteiger partial charge in [0, 0.05) is 25.2 Å². The van der Waals surface area contributed by atoms with Gasteiger partial charge in [-0.1, -0.05) is 32.1 Å². The normalized spacial score (nSPS) is 28.8. The highest BCUT2D eigenvalue weighted by atomic mass is 16.5. The quantitative estimate of drug-likeness (QED) is 0.799. The maximum Gasteiger partial charge on any atom is 0.0622 e. The van der Waals surface area contributed by atoms with Gasteiger partial charge in [0.15, 0.2) is 0 Å². The average Bonchev–Trinajstić information content (AvgIpc) is 2.90. The third kappa shape index (κ3) is 3.67. The van der Waals surface area contributed by atoms with Crippen molar-refractivity contribution >= 4 is 0 Å². The molecule has 2 fully saturated rings. The van der Waals surface area contributed by atoms with Gasteiger partial charge in [-0.3, -0.25) is 4.90 Å². The summed E-state index contributed by atoms with van der Waals surface area (Å²) >= 11 is 0. The Morgan fingerprint density at radius 2 is 2.00 bits per heavy atom. The summed E-state index contributed by atoms with van der Waals surface area (Å²) in [4.78, 5) is 2.49. The van der Waals surface area contributed by atoms with Crippen LogP contribution in [0.5, 0.6) is 0 Å². The number of ether oxygens (including phenoxy) is 1.